The van der Waals surface area contributed by atoms with Crippen molar-refractivity contribution in [3.63, 3.8) is 0 Å². The van der Waals surface area contributed by atoms with Gasteiger partial charge in [-0.05, 0) is 18.2 Å². The second-order valence-electron chi connectivity index (χ2n) is 5.31. The van der Waals surface area contributed by atoms with Crippen LogP contribution in [0.1, 0.15) is 0 Å². The first-order valence-electron chi connectivity index (χ1n) is 7.00. The minimum atomic E-state index is -0.696. The van der Waals surface area contributed by atoms with E-state index in [-0.39, 0.29) is 0 Å². The van der Waals surface area contributed by atoms with E-state index in [1.165, 1.54) is 10.8 Å². The van der Waals surface area contributed by atoms with Crippen molar-refractivity contribution in [2.45, 2.75) is 0 Å². The van der Waals surface area contributed by atoms with E-state index >= 15 is 0 Å². The molecule has 0 N–H and O–H groups in total. The summed E-state index contributed by atoms with van der Waals surface area (Å²) in [7, 11) is 1.88. The zero-order valence-corrected chi connectivity index (χ0v) is 12.4. The van der Waals surface area contributed by atoms with Crippen LogP contribution in [0.15, 0.2) is 53.6 Å². The molecule has 4 rings (SSSR count). The molecular weight excluding hydrogens is 299 g/mol. The second kappa shape index (κ2) is 4.70. The molecule has 1 aliphatic heterocycles. The maximum absolute atomic E-state index is 13.8. The lowest BCUT2D eigenvalue weighted by Crippen LogP contribution is -2.27. The van der Waals surface area contributed by atoms with Crippen LogP contribution in [0.2, 0.25) is 0 Å². The van der Waals surface area contributed by atoms with Crippen LogP contribution in [0, 0.1) is 5.95 Å². The standard InChI is InChI=1S/C16H13FN4O2/c1-10-9-23-13-4-3-11(7-12(13)19(10)2)20-15-5-6-18-21(15)14(17)8-16(20)22/h3-8H,1,9H2,2H3. The fourth-order valence-electron chi connectivity index (χ4n) is 2.69. The molecule has 2 aromatic heterocycles. The van der Waals surface area contributed by atoms with E-state index in [4.69, 9.17) is 4.74 Å². The Morgan fingerprint density at radius 2 is 2.13 bits per heavy atom. The Hall–Kier alpha value is -3.09. The van der Waals surface area contributed by atoms with Gasteiger partial charge in [0.15, 0.2) is 0 Å². The van der Waals surface area contributed by atoms with Gasteiger partial charge in [-0.3, -0.25) is 9.36 Å². The van der Waals surface area contributed by atoms with Crippen molar-refractivity contribution in [2.75, 3.05) is 18.6 Å². The van der Waals surface area contributed by atoms with Gasteiger partial charge in [-0.15, -0.1) is 0 Å². The van der Waals surface area contributed by atoms with E-state index < -0.39 is 11.5 Å². The van der Waals surface area contributed by atoms with Gasteiger partial charge < -0.3 is 9.64 Å². The van der Waals surface area contributed by atoms with Gasteiger partial charge in [0, 0.05) is 18.8 Å². The highest BCUT2D eigenvalue weighted by molar-refractivity contribution is 5.68. The highest BCUT2D eigenvalue weighted by Crippen LogP contribution is 2.35. The summed E-state index contributed by atoms with van der Waals surface area (Å²) in [4.78, 5) is 14.2. The Kier molecular flexibility index (Phi) is 2.77. The highest BCUT2D eigenvalue weighted by Gasteiger charge is 2.20. The minimum absolute atomic E-state index is 0.355. The molecule has 0 fully saturated rings. The maximum Gasteiger partial charge on any atom is 0.261 e. The van der Waals surface area contributed by atoms with E-state index in [0.29, 0.717) is 23.7 Å². The van der Waals surface area contributed by atoms with Gasteiger partial charge in [-0.25, -0.2) is 0 Å². The Morgan fingerprint density at radius 3 is 2.96 bits per heavy atom. The average Bonchev–Trinajstić information content (AvgIpc) is 3.01. The molecule has 1 aliphatic rings. The smallest absolute Gasteiger partial charge is 0.261 e. The van der Waals surface area contributed by atoms with Gasteiger partial charge in [0.2, 0.25) is 5.95 Å². The number of rotatable bonds is 1. The molecule has 0 bridgehead atoms. The topological polar surface area (TPSA) is 51.8 Å². The summed E-state index contributed by atoms with van der Waals surface area (Å²) in [6, 6.07) is 7.86. The SMILES string of the molecule is C=C1COc2ccc(-n3c(=O)cc(F)n4nccc34)cc2N1C. The first kappa shape index (κ1) is 13.6. The molecule has 0 unspecified atom stereocenters. The van der Waals surface area contributed by atoms with E-state index in [1.54, 1.807) is 18.2 Å². The zero-order valence-electron chi connectivity index (χ0n) is 12.4. The summed E-state index contributed by atoms with van der Waals surface area (Å²) < 4.78 is 21.9. The molecule has 0 atom stereocenters. The van der Waals surface area contributed by atoms with E-state index in [9.17, 15) is 9.18 Å². The van der Waals surface area contributed by atoms with Crippen molar-refractivity contribution in [1.82, 2.24) is 14.2 Å². The molecule has 3 aromatic rings. The van der Waals surface area contributed by atoms with Crippen LogP contribution < -0.4 is 15.2 Å². The second-order valence-corrected chi connectivity index (χ2v) is 5.31. The van der Waals surface area contributed by atoms with Gasteiger partial charge in [0.05, 0.1) is 23.6 Å². The molecule has 0 saturated heterocycles. The third-order valence-corrected chi connectivity index (χ3v) is 3.95. The summed E-state index contributed by atoms with van der Waals surface area (Å²) in [6.07, 6.45) is 1.45. The van der Waals surface area contributed by atoms with Crippen molar-refractivity contribution in [1.29, 1.82) is 0 Å². The Labute approximate surface area is 130 Å². The largest absolute Gasteiger partial charge is 0.485 e. The lowest BCUT2D eigenvalue weighted by Gasteiger charge is -2.30. The zero-order chi connectivity index (χ0) is 16.1. The first-order chi connectivity index (χ1) is 11.1. The van der Waals surface area contributed by atoms with E-state index in [1.807, 2.05) is 18.0 Å². The van der Waals surface area contributed by atoms with Gasteiger partial charge in [0.25, 0.3) is 5.56 Å². The molecule has 0 spiro atoms. The predicted molar refractivity (Wildman–Crippen MR) is 83.8 cm³/mol. The van der Waals surface area contributed by atoms with Crippen LogP contribution in [0.4, 0.5) is 10.1 Å². The quantitative estimate of drug-likeness (QED) is 0.645. The molecule has 0 saturated carbocycles. The number of fused-ring (bicyclic) bond motifs is 2. The van der Waals surface area contributed by atoms with Crippen molar-refractivity contribution in [2.24, 2.45) is 0 Å². The third-order valence-electron chi connectivity index (χ3n) is 3.95. The molecule has 6 nitrogen and oxygen atoms in total. The van der Waals surface area contributed by atoms with Crippen LogP contribution in [-0.2, 0) is 0 Å². The molecular formula is C16H13FN4O2. The summed E-state index contributed by atoms with van der Waals surface area (Å²) in [6.45, 7) is 4.36. The maximum atomic E-state index is 13.8. The highest BCUT2D eigenvalue weighted by atomic mass is 19.1. The van der Waals surface area contributed by atoms with Crippen molar-refractivity contribution >= 4 is 11.3 Å². The number of aromatic nitrogens is 3. The fourth-order valence-corrected chi connectivity index (χ4v) is 2.69. The number of likely N-dealkylation sites (N-methyl/N-ethyl adjacent to an activating group) is 1. The lowest BCUT2D eigenvalue weighted by molar-refractivity contribution is 0.338. The van der Waals surface area contributed by atoms with Crippen LogP contribution in [-0.4, -0.2) is 27.8 Å². The van der Waals surface area contributed by atoms with Gasteiger partial charge >= 0.3 is 0 Å². The minimum Gasteiger partial charge on any atom is -0.485 e. The summed E-state index contributed by atoms with van der Waals surface area (Å²) in [5.74, 6) is 0.0152. The third kappa shape index (κ3) is 1.93. The summed E-state index contributed by atoms with van der Waals surface area (Å²) in [5.41, 5.74) is 2.11. The fraction of sp³-hybridized carbons (Fsp3) is 0.125. The predicted octanol–water partition coefficient (Wildman–Crippen LogP) is 1.97. The number of benzene rings is 1. The number of hydrogen-bond acceptors (Lipinski definition) is 4. The average molecular weight is 312 g/mol. The van der Waals surface area contributed by atoms with Crippen molar-refractivity contribution in [3.8, 4) is 11.4 Å². The van der Waals surface area contributed by atoms with E-state index in [0.717, 1.165) is 22.0 Å². The number of ether oxygens (including phenoxy) is 1. The number of anilines is 1. The Morgan fingerprint density at radius 1 is 1.30 bits per heavy atom. The molecule has 7 heteroatoms. The molecule has 0 amide bonds. The Bertz CT molecular complexity index is 1000. The van der Waals surface area contributed by atoms with E-state index in [2.05, 4.69) is 11.7 Å². The summed E-state index contributed by atoms with van der Waals surface area (Å²) in [5, 5.41) is 3.89. The molecule has 0 aliphatic carbocycles. The number of halogens is 1. The molecule has 3 heterocycles. The van der Waals surface area contributed by atoms with Crippen molar-refractivity contribution in [3.05, 3.63) is 65.1 Å². The number of hydrogen-bond donors (Lipinski definition) is 0. The van der Waals surface area contributed by atoms with Crippen LogP contribution >= 0.6 is 0 Å². The molecule has 23 heavy (non-hydrogen) atoms. The van der Waals surface area contributed by atoms with Crippen molar-refractivity contribution < 1.29 is 9.13 Å². The normalized spacial score (nSPS) is 14.0. The van der Waals surface area contributed by atoms with Crippen LogP contribution in [0.5, 0.6) is 5.75 Å². The summed E-state index contributed by atoms with van der Waals surface area (Å²) >= 11 is 0. The molecule has 0 radical (unpaired) electrons. The van der Waals surface area contributed by atoms with Gasteiger partial charge in [-0.2, -0.15) is 14.0 Å². The Balaban J connectivity index is 1.98. The van der Waals surface area contributed by atoms with Crippen LogP contribution in [0.3, 0.4) is 0 Å². The first-order valence-corrected chi connectivity index (χ1v) is 7.00. The number of nitrogens with zero attached hydrogens (tertiary/aromatic N) is 4. The molecule has 1 aromatic carbocycles. The molecule has 116 valence electrons. The van der Waals surface area contributed by atoms with Gasteiger partial charge in [-0.1, -0.05) is 6.58 Å². The lowest BCUT2D eigenvalue weighted by atomic mass is 10.2. The van der Waals surface area contributed by atoms with Crippen LogP contribution in [0.25, 0.3) is 11.3 Å². The van der Waals surface area contributed by atoms with Gasteiger partial charge in [0.1, 0.15) is 18.0 Å². The monoisotopic (exact) mass is 312 g/mol.